The number of amides is 1. The number of likely N-dealkylation sites (tertiary alicyclic amines) is 1. The Hall–Kier alpha value is -2.71. The molecule has 0 unspecified atom stereocenters. The Morgan fingerprint density at radius 1 is 1.21 bits per heavy atom. The van der Waals surface area contributed by atoms with E-state index in [0.717, 1.165) is 16.7 Å². The molecule has 2 aliphatic heterocycles. The maximum atomic E-state index is 13.0. The number of carbonyl (C=O) groups excluding carboxylic acids is 1. The Morgan fingerprint density at radius 3 is 2.50 bits per heavy atom. The summed E-state index contributed by atoms with van der Waals surface area (Å²) in [6, 6.07) is 3.51. The van der Waals surface area contributed by atoms with Crippen LogP contribution in [-0.4, -0.2) is 31.6 Å². The molecule has 1 N–H and O–H groups in total. The number of nitrogens with zero attached hydrogens (tertiary/aromatic N) is 3. The van der Waals surface area contributed by atoms with E-state index in [4.69, 9.17) is 0 Å². The fourth-order valence-corrected chi connectivity index (χ4v) is 4.16. The molecule has 3 heterocycles. The highest BCUT2D eigenvalue weighted by atomic mass is 19.4. The molecule has 2 aromatic rings. The zero-order valence-corrected chi connectivity index (χ0v) is 15.6. The third-order valence-corrected chi connectivity index (χ3v) is 5.39. The minimum Gasteiger partial charge on any atom is -0.493 e. The highest BCUT2D eigenvalue weighted by Gasteiger charge is 2.50. The molecule has 6 nitrogen and oxygen atoms in total. The van der Waals surface area contributed by atoms with E-state index in [-0.39, 0.29) is 23.3 Å². The van der Waals surface area contributed by atoms with Crippen LogP contribution in [0.15, 0.2) is 29.1 Å². The summed E-state index contributed by atoms with van der Waals surface area (Å²) in [5.74, 6) is -0.506. The number of carbonyl (C=O) groups is 1. The van der Waals surface area contributed by atoms with Gasteiger partial charge < -0.3 is 10.0 Å². The van der Waals surface area contributed by atoms with Gasteiger partial charge in [-0.1, -0.05) is 26.8 Å². The van der Waals surface area contributed by atoms with Crippen LogP contribution in [0.1, 0.15) is 50.5 Å². The first-order chi connectivity index (χ1) is 12.9. The van der Waals surface area contributed by atoms with Gasteiger partial charge in [0.15, 0.2) is 0 Å². The van der Waals surface area contributed by atoms with Crippen molar-refractivity contribution in [3.8, 4) is 11.6 Å². The van der Waals surface area contributed by atoms with Crippen LogP contribution in [0.25, 0.3) is 5.69 Å². The number of hydrogen-bond acceptors (Lipinski definition) is 3. The summed E-state index contributed by atoms with van der Waals surface area (Å²) in [5.41, 5.74) is -1.89. The molecule has 0 aliphatic carbocycles. The third kappa shape index (κ3) is 2.56. The zero-order chi connectivity index (χ0) is 20.6. The van der Waals surface area contributed by atoms with Gasteiger partial charge in [-0.15, -0.1) is 0 Å². The summed E-state index contributed by atoms with van der Waals surface area (Å²) >= 11 is 0. The Balaban J connectivity index is 1.81. The van der Waals surface area contributed by atoms with Crippen molar-refractivity contribution in [2.75, 3.05) is 6.54 Å². The molecule has 0 radical (unpaired) electrons. The second kappa shape index (κ2) is 5.65. The van der Waals surface area contributed by atoms with Crippen molar-refractivity contribution in [1.29, 1.82) is 0 Å². The van der Waals surface area contributed by atoms with E-state index in [9.17, 15) is 27.9 Å². The molecule has 150 valence electrons. The fourth-order valence-electron chi connectivity index (χ4n) is 4.16. The molecule has 2 bridgehead atoms. The summed E-state index contributed by atoms with van der Waals surface area (Å²) in [4.78, 5) is 27.3. The minimum atomic E-state index is -4.56. The van der Waals surface area contributed by atoms with Crippen molar-refractivity contribution >= 4 is 5.91 Å². The van der Waals surface area contributed by atoms with Crippen molar-refractivity contribution in [3.63, 3.8) is 0 Å². The van der Waals surface area contributed by atoms with E-state index in [1.54, 1.807) is 25.7 Å². The van der Waals surface area contributed by atoms with E-state index < -0.39 is 34.8 Å². The molecule has 2 atom stereocenters. The molecule has 1 aromatic heterocycles. The van der Waals surface area contributed by atoms with Gasteiger partial charge in [0.25, 0.3) is 0 Å². The molecular weight excluding hydrogens is 375 g/mol. The lowest BCUT2D eigenvalue weighted by molar-refractivity contribution is -0.141. The fraction of sp³-hybridized carbons (Fsp3) is 0.474. The normalized spacial score (nSPS) is 21.3. The molecule has 2 aliphatic rings. The Kier molecular flexibility index (Phi) is 3.76. The molecular formula is C19H20F3N3O3. The van der Waals surface area contributed by atoms with Crippen molar-refractivity contribution in [1.82, 2.24) is 14.0 Å². The van der Waals surface area contributed by atoms with Gasteiger partial charge >= 0.3 is 11.9 Å². The van der Waals surface area contributed by atoms with Gasteiger partial charge in [0.2, 0.25) is 11.8 Å². The van der Waals surface area contributed by atoms with Crippen LogP contribution in [0.2, 0.25) is 0 Å². The Bertz CT molecular complexity index is 1030. The molecule has 1 aromatic carbocycles. The molecule has 1 saturated heterocycles. The van der Waals surface area contributed by atoms with Gasteiger partial charge in [0, 0.05) is 12.0 Å². The first-order valence-electron chi connectivity index (χ1n) is 8.96. The largest absolute Gasteiger partial charge is 0.493 e. The zero-order valence-electron chi connectivity index (χ0n) is 15.6. The maximum absolute atomic E-state index is 13.0. The number of benzene rings is 1. The SMILES string of the molecule is CC(C)(C)C(=O)N1C[C@@H]2C[C@H]1c1c(O)n(-c3cccc(C(F)(F)F)c3)c(=O)n12. The first kappa shape index (κ1) is 18.6. The van der Waals surface area contributed by atoms with Crippen LogP contribution in [-0.2, 0) is 11.0 Å². The third-order valence-electron chi connectivity index (χ3n) is 5.39. The molecule has 0 saturated carbocycles. The van der Waals surface area contributed by atoms with Gasteiger partial charge in [0.05, 0.1) is 23.3 Å². The number of halogens is 3. The second-order valence-electron chi connectivity index (χ2n) is 8.36. The van der Waals surface area contributed by atoms with E-state index in [2.05, 4.69) is 0 Å². The molecule has 28 heavy (non-hydrogen) atoms. The van der Waals surface area contributed by atoms with Crippen molar-refractivity contribution in [2.24, 2.45) is 5.41 Å². The van der Waals surface area contributed by atoms with E-state index in [1.165, 1.54) is 16.7 Å². The monoisotopic (exact) mass is 395 g/mol. The number of aromatic hydroxyl groups is 1. The Morgan fingerprint density at radius 2 is 1.89 bits per heavy atom. The van der Waals surface area contributed by atoms with Crippen molar-refractivity contribution < 1.29 is 23.1 Å². The number of hydrogen-bond donors (Lipinski definition) is 1. The Labute approximate surface area is 158 Å². The number of alkyl halides is 3. The quantitative estimate of drug-likeness (QED) is 0.806. The molecule has 1 fully saturated rings. The van der Waals surface area contributed by atoms with E-state index >= 15 is 0 Å². The summed E-state index contributed by atoms with van der Waals surface area (Å²) in [5, 5.41) is 10.7. The van der Waals surface area contributed by atoms with Gasteiger partial charge in [-0.2, -0.15) is 13.2 Å². The van der Waals surface area contributed by atoms with Gasteiger partial charge in [0.1, 0.15) is 5.69 Å². The predicted molar refractivity (Wildman–Crippen MR) is 94.3 cm³/mol. The summed E-state index contributed by atoms with van der Waals surface area (Å²) in [6.07, 6.45) is -4.05. The number of imidazole rings is 1. The lowest BCUT2D eigenvalue weighted by atomic mass is 9.94. The summed E-state index contributed by atoms with van der Waals surface area (Å²) < 4.78 is 41.4. The summed E-state index contributed by atoms with van der Waals surface area (Å²) in [6.45, 7) is 5.73. The van der Waals surface area contributed by atoms with Crippen molar-refractivity contribution in [3.05, 3.63) is 46.0 Å². The van der Waals surface area contributed by atoms with Crippen LogP contribution >= 0.6 is 0 Å². The highest BCUT2D eigenvalue weighted by Crippen LogP contribution is 2.49. The van der Waals surface area contributed by atoms with Gasteiger partial charge in [-0.25, -0.2) is 9.36 Å². The number of rotatable bonds is 1. The van der Waals surface area contributed by atoms with Crippen LogP contribution in [0.5, 0.6) is 5.88 Å². The maximum Gasteiger partial charge on any atom is 0.416 e. The molecule has 1 amide bonds. The average molecular weight is 395 g/mol. The summed E-state index contributed by atoms with van der Waals surface area (Å²) in [7, 11) is 0. The van der Waals surface area contributed by atoms with Gasteiger partial charge in [-0.05, 0) is 24.6 Å². The highest BCUT2D eigenvalue weighted by molar-refractivity contribution is 5.82. The van der Waals surface area contributed by atoms with E-state index in [1.807, 2.05) is 0 Å². The van der Waals surface area contributed by atoms with Crippen LogP contribution in [0, 0.1) is 5.41 Å². The van der Waals surface area contributed by atoms with Crippen LogP contribution in [0.4, 0.5) is 13.2 Å². The minimum absolute atomic E-state index is 0.0627. The standard InChI is InChI=1S/C19H20F3N3O3/c1-18(2,3)16(27)23-9-12-8-13(23)14-15(26)25(17(28)24(12)14)11-6-4-5-10(7-11)19(20,21)22/h4-7,12-13,26H,8-9H2,1-3H3/t12-,13-/m0/s1. The van der Waals surface area contributed by atoms with E-state index in [0.29, 0.717) is 13.0 Å². The van der Waals surface area contributed by atoms with Gasteiger partial charge in [-0.3, -0.25) is 9.36 Å². The van der Waals surface area contributed by atoms with Crippen molar-refractivity contribution in [2.45, 2.75) is 45.5 Å². The molecule has 0 spiro atoms. The number of fused-ring (bicyclic) bond motifs is 5. The van der Waals surface area contributed by atoms with Crippen LogP contribution < -0.4 is 5.69 Å². The van der Waals surface area contributed by atoms with Crippen LogP contribution in [0.3, 0.4) is 0 Å². The lowest BCUT2D eigenvalue weighted by Gasteiger charge is -2.32. The number of aromatic nitrogens is 2. The topological polar surface area (TPSA) is 67.5 Å². The smallest absolute Gasteiger partial charge is 0.416 e. The average Bonchev–Trinajstić information content (AvgIpc) is 3.24. The predicted octanol–water partition coefficient (Wildman–Crippen LogP) is 3.24. The first-order valence-corrected chi connectivity index (χ1v) is 8.96. The molecule has 4 rings (SSSR count). The second-order valence-corrected chi connectivity index (χ2v) is 8.36. The lowest BCUT2D eigenvalue weighted by Crippen LogP contribution is -2.43. The molecule has 9 heteroatoms.